The molecule has 0 rings (SSSR count). The number of sulfone groups is 1. The van der Waals surface area contributed by atoms with Crippen LogP contribution in [0.2, 0.25) is 0 Å². The summed E-state index contributed by atoms with van der Waals surface area (Å²) in [5.41, 5.74) is 5.16. The number of ether oxygens (including phenoxy) is 1. The smallest absolute Gasteiger partial charge is 0.154 e. The van der Waals surface area contributed by atoms with Crippen LogP contribution in [-0.2, 0) is 14.6 Å². The van der Waals surface area contributed by atoms with Gasteiger partial charge in [-0.15, -0.1) is 12.4 Å². The Bertz CT molecular complexity index is 204. The minimum atomic E-state index is -2.94. The number of halogens is 1. The largest absolute Gasteiger partial charge is 0.379 e. The van der Waals surface area contributed by atoms with E-state index in [2.05, 4.69) is 0 Å². The van der Waals surface area contributed by atoms with Crippen LogP contribution in [0.5, 0.6) is 0 Å². The molecule has 0 aliphatic heterocycles. The van der Waals surface area contributed by atoms with Crippen molar-refractivity contribution in [2.75, 3.05) is 25.5 Å². The summed E-state index contributed by atoms with van der Waals surface area (Å²) in [4.78, 5) is 0. The summed E-state index contributed by atoms with van der Waals surface area (Å²) >= 11 is 0. The summed E-state index contributed by atoms with van der Waals surface area (Å²) in [7, 11) is -2.94. The highest BCUT2D eigenvalue weighted by atomic mass is 35.5. The van der Waals surface area contributed by atoms with E-state index in [1.54, 1.807) is 13.8 Å². The Morgan fingerprint density at radius 2 is 1.85 bits per heavy atom. The molecule has 2 N–H and O–H groups in total. The summed E-state index contributed by atoms with van der Waals surface area (Å²) in [6.07, 6.45) is 0. The van der Waals surface area contributed by atoms with Gasteiger partial charge in [-0.05, 0) is 13.8 Å². The van der Waals surface area contributed by atoms with Crippen LogP contribution in [0.3, 0.4) is 0 Å². The third kappa shape index (κ3) is 7.25. The second kappa shape index (κ2) is 7.55. The fraction of sp³-hybridized carbons (Fsp3) is 1.00. The number of nitrogens with two attached hydrogens (primary N) is 1. The van der Waals surface area contributed by atoms with E-state index < -0.39 is 9.84 Å². The second-order valence-corrected chi connectivity index (χ2v) is 5.49. The summed E-state index contributed by atoms with van der Waals surface area (Å²) in [6, 6.07) is 0. The lowest BCUT2D eigenvalue weighted by atomic mass is 10.6. The van der Waals surface area contributed by atoms with Gasteiger partial charge in [-0.2, -0.15) is 0 Å². The molecule has 13 heavy (non-hydrogen) atoms. The van der Waals surface area contributed by atoms with Crippen LogP contribution in [0.1, 0.15) is 13.8 Å². The fourth-order valence-corrected chi connectivity index (χ4v) is 1.42. The van der Waals surface area contributed by atoms with Gasteiger partial charge in [-0.1, -0.05) is 0 Å². The topological polar surface area (TPSA) is 69.4 Å². The summed E-state index contributed by atoms with van der Waals surface area (Å²) in [5.74, 6) is 0.0880. The Morgan fingerprint density at radius 3 is 2.23 bits per heavy atom. The van der Waals surface area contributed by atoms with Gasteiger partial charge < -0.3 is 10.5 Å². The lowest BCUT2D eigenvalue weighted by Gasteiger charge is -2.07. The van der Waals surface area contributed by atoms with Crippen LogP contribution in [0.25, 0.3) is 0 Å². The van der Waals surface area contributed by atoms with Gasteiger partial charge in [0.15, 0.2) is 9.84 Å². The van der Waals surface area contributed by atoms with E-state index in [-0.39, 0.29) is 30.0 Å². The van der Waals surface area contributed by atoms with Crippen molar-refractivity contribution >= 4 is 22.2 Å². The molecule has 0 heterocycles. The van der Waals surface area contributed by atoms with E-state index in [0.717, 1.165) is 0 Å². The highest BCUT2D eigenvalue weighted by Gasteiger charge is 2.14. The Balaban J connectivity index is 0. The molecule has 0 aromatic carbocycles. The first-order valence-electron chi connectivity index (χ1n) is 4.00. The monoisotopic (exact) mass is 231 g/mol. The van der Waals surface area contributed by atoms with E-state index in [4.69, 9.17) is 10.5 Å². The van der Waals surface area contributed by atoms with Gasteiger partial charge in [-0.3, -0.25) is 0 Å². The molecule has 0 amide bonds. The number of hydrogen-bond donors (Lipinski definition) is 1. The summed E-state index contributed by atoms with van der Waals surface area (Å²) < 4.78 is 27.3. The molecular formula is C7H18ClNO3S. The molecule has 0 aliphatic rings. The molecule has 0 aliphatic carbocycles. The van der Waals surface area contributed by atoms with Gasteiger partial charge in [-0.25, -0.2) is 8.42 Å². The van der Waals surface area contributed by atoms with Crippen molar-refractivity contribution in [3.05, 3.63) is 0 Å². The Hall–Kier alpha value is 0.160. The average Bonchev–Trinajstić information content (AvgIpc) is 1.98. The van der Waals surface area contributed by atoms with Crippen molar-refractivity contribution < 1.29 is 13.2 Å². The number of rotatable bonds is 6. The fourth-order valence-electron chi connectivity index (χ4n) is 0.596. The van der Waals surface area contributed by atoms with Crippen molar-refractivity contribution in [1.29, 1.82) is 0 Å². The maximum atomic E-state index is 11.2. The Kier molecular flexibility index (Phi) is 9.08. The van der Waals surface area contributed by atoms with Crippen molar-refractivity contribution in [2.24, 2.45) is 5.73 Å². The highest BCUT2D eigenvalue weighted by Crippen LogP contribution is 1.99. The minimum absolute atomic E-state index is 0. The van der Waals surface area contributed by atoms with Gasteiger partial charge >= 0.3 is 0 Å². The molecule has 0 unspecified atom stereocenters. The molecule has 0 fully saturated rings. The lowest BCUT2D eigenvalue weighted by molar-refractivity contribution is 0.157. The average molecular weight is 232 g/mol. The zero-order chi connectivity index (χ0) is 9.61. The Morgan fingerprint density at radius 1 is 1.31 bits per heavy atom. The first kappa shape index (κ1) is 15.6. The maximum absolute atomic E-state index is 11.2. The zero-order valence-corrected chi connectivity index (χ0v) is 9.66. The molecule has 0 aromatic rings. The minimum Gasteiger partial charge on any atom is -0.379 e. The van der Waals surface area contributed by atoms with Crippen LogP contribution < -0.4 is 5.73 Å². The molecule has 0 aromatic heterocycles. The Labute approximate surface area is 86.2 Å². The molecule has 0 bridgehead atoms. The van der Waals surface area contributed by atoms with Crippen molar-refractivity contribution in [2.45, 2.75) is 19.1 Å². The van der Waals surface area contributed by atoms with Gasteiger partial charge in [0.25, 0.3) is 0 Å². The highest BCUT2D eigenvalue weighted by molar-refractivity contribution is 7.91. The molecule has 0 atom stereocenters. The molecule has 0 saturated heterocycles. The van der Waals surface area contributed by atoms with Crippen LogP contribution in [-0.4, -0.2) is 39.2 Å². The van der Waals surface area contributed by atoms with E-state index in [0.29, 0.717) is 13.2 Å². The number of hydrogen-bond acceptors (Lipinski definition) is 4. The molecule has 6 heteroatoms. The lowest BCUT2D eigenvalue weighted by Crippen LogP contribution is -2.22. The maximum Gasteiger partial charge on any atom is 0.154 e. The quantitative estimate of drug-likeness (QED) is 0.664. The molecule has 0 radical (unpaired) electrons. The van der Waals surface area contributed by atoms with Crippen molar-refractivity contribution in [3.63, 3.8) is 0 Å². The first-order chi connectivity index (χ1) is 5.50. The van der Waals surface area contributed by atoms with Crippen molar-refractivity contribution in [3.8, 4) is 0 Å². The summed E-state index contributed by atoms with van der Waals surface area (Å²) in [6.45, 7) is 4.43. The van der Waals surface area contributed by atoms with Gasteiger partial charge in [0.1, 0.15) is 0 Å². The predicted molar refractivity (Wildman–Crippen MR) is 56.0 cm³/mol. The van der Waals surface area contributed by atoms with E-state index in [1.165, 1.54) is 0 Å². The predicted octanol–water partition coefficient (Wildman–Crippen LogP) is 0.207. The molecule has 0 spiro atoms. The zero-order valence-electron chi connectivity index (χ0n) is 8.02. The van der Waals surface area contributed by atoms with Crippen LogP contribution in [0, 0.1) is 0 Å². The SMILES string of the molecule is CC(C)S(=O)(=O)CCOCCN.Cl. The van der Waals surface area contributed by atoms with E-state index >= 15 is 0 Å². The van der Waals surface area contributed by atoms with Gasteiger partial charge in [0.05, 0.1) is 24.2 Å². The van der Waals surface area contributed by atoms with E-state index in [1.807, 2.05) is 0 Å². The van der Waals surface area contributed by atoms with Crippen LogP contribution >= 0.6 is 12.4 Å². The molecule has 4 nitrogen and oxygen atoms in total. The third-order valence-electron chi connectivity index (χ3n) is 1.49. The van der Waals surface area contributed by atoms with Gasteiger partial charge in [0, 0.05) is 6.54 Å². The standard InChI is InChI=1S/C7H17NO3S.ClH/c1-7(2)12(9,10)6-5-11-4-3-8;/h7H,3-6,8H2,1-2H3;1H. The molecule has 0 saturated carbocycles. The molecular weight excluding hydrogens is 214 g/mol. The van der Waals surface area contributed by atoms with Crippen molar-refractivity contribution in [1.82, 2.24) is 0 Å². The second-order valence-electron chi connectivity index (χ2n) is 2.82. The normalized spacial score (nSPS) is 11.4. The third-order valence-corrected chi connectivity index (χ3v) is 3.66. The molecule has 82 valence electrons. The summed E-state index contributed by atoms with van der Waals surface area (Å²) in [5, 5.41) is -0.320. The van der Waals surface area contributed by atoms with Crippen LogP contribution in [0.15, 0.2) is 0 Å². The van der Waals surface area contributed by atoms with Crippen LogP contribution in [0.4, 0.5) is 0 Å². The van der Waals surface area contributed by atoms with Gasteiger partial charge in [0.2, 0.25) is 0 Å². The van der Waals surface area contributed by atoms with E-state index in [9.17, 15) is 8.42 Å². The first-order valence-corrected chi connectivity index (χ1v) is 5.71.